The molecule has 2 saturated heterocycles. The zero-order valence-corrected chi connectivity index (χ0v) is 17.4. The summed E-state index contributed by atoms with van der Waals surface area (Å²) in [6.45, 7) is 4.25. The summed E-state index contributed by atoms with van der Waals surface area (Å²) in [6, 6.07) is 4.51. The topological polar surface area (TPSA) is 62.8 Å². The van der Waals surface area contributed by atoms with E-state index >= 15 is 0 Å². The second-order valence-corrected chi connectivity index (χ2v) is 6.61. The molecule has 2 aliphatic rings. The zero-order chi connectivity index (χ0) is 19.3. The largest absolute Gasteiger partial charge is 0.416 e. The van der Waals surface area contributed by atoms with Crippen LogP contribution in [0.25, 0.3) is 0 Å². The van der Waals surface area contributed by atoms with Gasteiger partial charge in [0.05, 0.1) is 38.0 Å². The molecule has 0 aromatic heterocycles. The van der Waals surface area contributed by atoms with E-state index in [-0.39, 0.29) is 36.8 Å². The highest BCUT2D eigenvalue weighted by molar-refractivity contribution is 5.85. The first-order valence-electron chi connectivity index (χ1n) is 9.03. The number of hydrogen-bond acceptors (Lipinski definition) is 5. The van der Waals surface area contributed by atoms with E-state index in [1.807, 2.05) is 0 Å². The fraction of sp³-hybridized carbons (Fsp3) is 0.611. The molecule has 166 valence electrons. The minimum absolute atomic E-state index is 0. The van der Waals surface area contributed by atoms with Crippen molar-refractivity contribution in [3.05, 3.63) is 35.4 Å². The summed E-state index contributed by atoms with van der Waals surface area (Å²) in [7, 11) is 0. The van der Waals surface area contributed by atoms with Crippen LogP contribution >= 0.6 is 24.8 Å². The van der Waals surface area contributed by atoms with Gasteiger partial charge in [0.1, 0.15) is 6.04 Å². The number of nitrogens with zero attached hydrogens (tertiary/aromatic N) is 1. The van der Waals surface area contributed by atoms with Gasteiger partial charge in [-0.3, -0.25) is 9.69 Å². The van der Waals surface area contributed by atoms with E-state index in [4.69, 9.17) is 9.47 Å². The van der Waals surface area contributed by atoms with Crippen LogP contribution < -0.4 is 10.6 Å². The van der Waals surface area contributed by atoms with Gasteiger partial charge in [-0.15, -0.1) is 24.8 Å². The van der Waals surface area contributed by atoms with Crippen molar-refractivity contribution >= 4 is 30.7 Å². The van der Waals surface area contributed by atoms with Crippen molar-refractivity contribution in [3.63, 3.8) is 0 Å². The predicted molar refractivity (Wildman–Crippen MR) is 107 cm³/mol. The Hall–Kier alpha value is -1.10. The van der Waals surface area contributed by atoms with Crippen molar-refractivity contribution in [3.8, 4) is 0 Å². The highest BCUT2D eigenvalue weighted by atomic mass is 35.5. The van der Waals surface area contributed by atoms with Crippen LogP contribution in [0.5, 0.6) is 0 Å². The second kappa shape index (κ2) is 11.9. The van der Waals surface area contributed by atoms with Gasteiger partial charge in [-0.25, -0.2) is 0 Å². The molecule has 2 N–H and O–H groups in total. The number of ether oxygens (including phenoxy) is 2. The monoisotopic (exact) mass is 459 g/mol. The van der Waals surface area contributed by atoms with Gasteiger partial charge < -0.3 is 20.1 Å². The van der Waals surface area contributed by atoms with Gasteiger partial charge in [0.15, 0.2) is 0 Å². The minimum atomic E-state index is -4.37. The molecule has 2 unspecified atom stereocenters. The maximum Gasteiger partial charge on any atom is 0.416 e. The molecule has 2 fully saturated rings. The van der Waals surface area contributed by atoms with Crippen molar-refractivity contribution < 1.29 is 27.4 Å². The molecule has 29 heavy (non-hydrogen) atoms. The van der Waals surface area contributed by atoms with Crippen LogP contribution in [0.1, 0.15) is 17.2 Å². The van der Waals surface area contributed by atoms with E-state index in [0.717, 1.165) is 17.7 Å². The van der Waals surface area contributed by atoms with E-state index in [2.05, 4.69) is 15.5 Å². The number of carbonyl (C=O) groups excluding carboxylic acids is 1. The predicted octanol–water partition coefficient (Wildman–Crippen LogP) is 2.03. The Labute approximate surface area is 180 Å². The third-order valence-corrected chi connectivity index (χ3v) is 4.82. The Kier molecular flexibility index (Phi) is 10.7. The summed E-state index contributed by atoms with van der Waals surface area (Å²) in [6.07, 6.45) is -4.37. The summed E-state index contributed by atoms with van der Waals surface area (Å²) >= 11 is 0. The van der Waals surface area contributed by atoms with Gasteiger partial charge in [-0.1, -0.05) is 12.1 Å². The second-order valence-electron chi connectivity index (χ2n) is 6.61. The quantitative estimate of drug-likeness (QED) is 0.705. The van der Waals surface area contributed by atoms with Crippen LogP contribution in [0, 0.1) is 0 Å². The van der Waals surface area contributed by atoms with Gasteiger partial charge in [0.2, 0.25) is 5.91 Å². The molecule has 1 amide bonds. The number of benzene rings is 1. The van der Waals surface area contributed by atoms with E-state index in [9.17, 15) is 18.0 Å². The first-order chi connectivity index (χ1) is 12.9. The molecule has 11 heteroatoms. The highest BCUT2D eigenvalue weighted by Crippen LogP contribution is 2.31. The molecule has 3 rings (SSSR count). The molecule has 0 radical (unpaired) electrons. The summed E-state index contributed by atoms with van der Waals surface area (Å²) in [5.74, 6) is -0.167. The molecular formula is C18H26Cl2F3N3O3. The molecule has 1 aromatic rings. The Morgan fingerprint density at radius 3 is 2.34 bits per heavy atom. The summed E-state index contributed by atoms with van der Waals surface area (Å²) in [5.41, 5.74) is 0.0534. The molecule has 0 aliphatic carbocycles. The maximum absolute atomic E-state index is 12.8. The number of alkyl halides is 3. The molecule has 6 nitrogen and oxygen atoms in total. The van der Waals surface area contributed by atoms with Crippen molar-refractivity contribution in [2.45, 2.75) is 18.3 Å². The number of rotatable bonds is 5. The molecule has 1 aromatic carbocycles. The van der Waals surface area contributed by atoms with Gasteiger partial charge in [-0.2, -0.15) is 13.2 Å². The van der Waals surface area contributed by atoms with E-state index in [1.165, 1.54) is 12.1 Å². The summed E-state index contributed by atoms with van der Waals surface area (Å²) in [4.78, 5) is 14.5. The molecule has 0 bridgehead atoms. The van der Waals surface area contributed by atoms with Gasteiger partial charge in [0.25, 0.3) is 0 Å². The molecular weight excluding hydrogens is 434 g/mol. The van der Waals surface area contributed by atoms with Crippen LogP contribution in [-0.2, 0) is 20.4 Å². The lowest BCUT2D eigenvalue weighted by Crippen LogP contribution is -2.53. The first-order valence-corrected chi connectivity index (χ1v) is 9.03. The fourth-order valence-electron chi connectivity index (χ4n) is 3.30. The van der Waals surface area contributed by atoms with E-state index in [0.29, 0.717) is 52.6 Å². The van der Waals surface area contributed by atoms with E-state index in [1.54, 1.807) is 0 Å². The Morgan fingerprint density at radius 1 is 1.14 bits per heavy atom. The van der Waals surface area contributed by atoms with Crippen LogP contribution in [0.2, 0.25) is 0 Å². The number of hydrogen-bond donors (Lipinski definition) is 2. The number of amides is 1. The minimum Gasteiger partial charge on any atom is -0.379 e. The average molecular weight is 460 g/mol. The lowest BCUT2D eigenvalue weighted by atomic mass is 10.0. The van der Waals surface area contributed by atoms with E-state index < -0.39 is 17.8 Å². The van der Waals surface area contributed by atoms with Crippen molar-refractivity contribution in [2.75, 3.05) is 52.6 Å². The van der Waals surface area contributed by atoms with Crippen molar-refractivity contribution in [1.29, 1.82) is 0 Å². The molecule has 0 spiro atoms. The number of carbonyl (C=O) groups is 1. The number of halogens is 5. The van der Waals surface area contributed by atoms with Crippen LogP contribution in [0.3, 0.4) is 0 Å². The zero-order valence-electron chi connectivity index (χ0n) is 15.7. The van der Waals surface area contributed by atoms with Crippen LogP contribution in [0.15, 0.2) is 24.3 Å². The van der Waals surface area contributed by atoms with Crippen LogP contribution in [0.4, 0.5) is 13.2 Å². The van der Waals surface area contributed by atoms with Gasteiger partial charge in [-0.05, 0) is 17.7 Å². The summed E-state index contributed by atoms with van der Waals surface area (Å²) in [5, 5.41) is 6.00. The fourth-order valence-corrected chi connectivity index (χ4v) is 3.30. The molecule has 2 aliphatic heterocycles. The third-order valence-electron chi connectivity index (χ3n) is 4.82. The third kappa shape index (κ3) is 7.27. The Morgan fingerprint density at radius 2 is 1.79 bits per heavy atom. The molecule has 2 heterocycles. The lowest BCUT2D eigenvalue weighted by Gasteiger charge is -2.35. The lowest BCUT2D eigenvalue weighted by molar-refractivity contribution is -0.137. The normalized spacial score (nSPS) is 21.4. The first kappa shape index (κ1) is 25.9. The SMILES string of the molecule is Cl.Cl.O=C(NCC(c1ccc(C(F)(F)F)cc1)N1CCOCC1)C1COCCN1. The van der Waals surface area contributed by atoms with Crippen molar-refractivity contribution in [2.24, 2.45) is 0 Å². The molecule has 0 saturated carbocycles. The van der Waals surface area contributed by atoms with Crippen LogP contribution in [-0.4, -0.2) is 69.5 Å². The number of morpholine rings is 2. The average Bonchev–Trinajstić information content (AvgIpc) is 2.69. The van der Waals surface area contributed by atoms with Gasteiger partial charge in [0, 0.05) is 26.2 Å². The Bertz CT molecular complexity index is 623. The summed E-state index contributed by atoms with van der Waals surface area (Å²) < 4.78 is 49.2. The smallest absolute Gasteiger partial charge is 0.379 e. The Balaban J connectivity index is 0.00000210. The van der Waals surface area contributed by atoms with Gasteiger partial charge >= 0.3 is 6.18 Å². The highest BCUT2D eigenvalue weighted by Gasteiger charge is 2.31. The maximum atomic E-state index is 12.8. The molecule has 2 atom stereocenters. The standard InChI is InChI=1S/C18H24F3N3O3.2ClH/c19-18(20,21)14-3-1-13(2-4-14)16(24-6-9-26-10-7-24)11-23-17(25)15-12-27-8-5-22-15;;/h1-4,15-16,22H,5-12H2,(H,23,25);2*1H. The number of nitrogens with one attached hydrogen (secondary N) is 2. The van der Waals surface area contributed by atoms with Crippen molar-refractivity contribution in [1.82, 2.24) is 15.5 Å².